The van der Waals surface area contributed by atoms with Gasteiger partial charge in [-0.15, -0.1) is 0 Å². The fourth-order valence-corrected chi connectivity index (χ4v) is 15.1. The third kappa shape index (κ3) is 21.5. The maximum atomic E-state index is 15.7. The monoisotopic (exact) mass is 1410 g/mol. The molecule has 0 aromatic heterocycles. The fourth-order valence-electron chi connectivity index (χ4n) is 14.8. The first-order valence-electron chi connectivity index (χ1n) is 35.8. The van der Waals surface area contributed by atoms with Gasteiger partial charge in [-0.25, -0.2) is 0 Å². The third-order valence-electron chi connectivity index (χ3n) is 21.3. The molecule has 3 aliphatic carbocycles. The summed E-state index contributed by atoms with van der Waals surface area (Å²) in [5.74, 6) is -9.16. The number of hydrogen-bond donors (Lipinski definition) is 4. The summed E-state index contributed by atoms with van der Waals surface area (Å²) in [5, 5.41) is 10.6. The summed E-state index contributed by atoms with van der Waals surface area (Å²) in [6.45, 7) is 7.74. The second-order valence-electron chi connectivity index (χ2n) is 29.2. The minimum Gasteiger partial charge on any atom is -0.343 e. The number of nitrogens with one attached hydrogen (secondary N) is 4. The second kappa shape index (κ2) is 36.5. The molecule has 8 atom stereocenters. The van der Waals surface area contributed by atoms with Gasteiger partial charge in [-0.05, 0) is 119 Å². The predicted octanol–water partition coefficient (Wildman–Crippen LogP) is 5.94. The van der Waals surface area contributed by atoms with Crippen LogP contribution in [0.1, 0.15) is 187 Å². The maximum absolute atomic E-state index is 15.7. The van der Waals surface area contributed by atoms with Crippen molar-refractivity contribution in [3.8, 4) is 0 Å². The molecule has 28 heteroatoms. The summed E-state index contributed by atoms with van der Waals surface area (Å²) in [6, 6.07) is -5.90. The molecule has 1 aromatic carbocycles. The van der Waals surface area contributed by atoms with Crippen LogP contribution in [-0.2, 0) is 70.1 Å². The number of piperidine rings is 1. The van der Waals surface area contributed by atoms with Crippen LogP contribution in [0.2, 0.25) is 5.02 Å². The van der Waals surface area contributed by atoms with E-state index in [4.69, 9.17) is 11.6 Å². The average Bonchev–Trinajstić information content (AvgIpc) is 1.77. The zero-order valence-electron chi connectivity index (χ0n) is 60.4. The molecule has 4 N–H and O–H groups in total. The lowest BCUT2D eigenvalue weighted by atomic mass is 9.81. The summed E-state index contributed by atoms with van der Waals surface area (Å²) in [4.78, 5) is 188. The molecule has 6 rings (SSSR count). The number of benzene rings is 1. The van der Waals surface area contributed by atoms with E-state index in [9.17, 15) is 51.5 Å². The Kier molecular flexibility index (Phi) is 29.8. The molecule has 2 saturated heterocycles. The Hall–Kier alpha value is -7.06. The molecule has 3 saturated carbocycles. The molecule has 5 fully saturated rings. The predicted molar refractivity (Wildman–Crippen MR) is 366 cm³/mol. The van der Waals surface area contributed by atoms with Crippen molar-refractivity contribution in [2.45, 2.75) is 236 Å². The molecule has 0 bridgehead atoms. The highest BCUT2D eigenvalue weighted by atomic mass is 35.5. The van der Waals surface area contributed by atoms with E-state index in [-0.39, 0.29) is 55.9 Å². The van der Waals surface area contributed by atoms with E-state index in [1.807, 2.05) is 20.8 Å². The second-order valence-corrected chi connectivity index (χ2v) is 29.6. The molecule has 1 spiro atoms. The van der Waals surface area contributed by atoms with Crippen LogP contribution in [0.25, 0.3) is 0 Å². The zero-order valence-corrected chi connectivity index (χ0v) is 61.1. The van der Waals surface area contributed by atoms with Crippen LogP contribution in [0.15, 0.2) is 18.2 Å². The van der Waals surface area contributed by atoms with Gasteiger partial charge in [-0.3, -0.25) is 57.5 Å². The number of amides is 12. The van der Waals surface area contributed by atoms with Crippen LogP contribution < -0.4 is 21.3 Å². The Morgan fingerprint density at radius 3 is 1.79 bits per heavy atom. The van der Waals surface area contributed by atoms with Gasteiger partial charge in [0.15, 0.2) is 0 Å². The quantitative estimate of drug-likeness (QED) is 0.201. The normalized spacial score (nSPS) is 26.4. The molecular weight excluding hydrogens is 1310 g/mol. The van der Waals surface area contributed by atoms with E-state index < -0.39 is 173 Å². The molecule has 99 heavy (non-hydrogen) atoms. The first kappa shape index (κ1) is 80.9. The van der Waals surface area contributed by atoms with Crippen molar-refractivity contribution in [2.75, 3.05) is 82.1 Å². The van der Waals surface area contributed by atoms with Gasteiger partial charge in [0, 0.05) is 62.4 Å². The largest absolute Gasteiger partial charge is 0.417 e. The minimum atomic E-state index is -4.76. The smallest absolute Gasteiger partial charge is 0.343 e. The molecule has 12 amide bonds. The first-order valence-corrected chi connectivity index (χ1v) is 36.1. The van der Waals surface area contributed by atoms with E-state index in [2.05, 4.69) is 21.3 Å². The van der Waals surface area contributed by atoms with Gasteiger partial charge in [0.05, 0.1) is 36.6 Å². The lowest BCUT2D eigenvalue weighted by Crippen LogP contribution is -2.65. The number of halogens is 4. The number of rotatable bonds is 11. The lowest BCUT2D eigenvalue weighted by molar-refractivity contribution is -0.157. The number of alkyl halides is 3. The van der Waals surface area contributed by atoms with Crippen molar-refractivity contribution in [3.05, 3.63) is 34.3 Å². The molecule has 0 radical (unpaired) electrons. The summed E-state index contributed by atoms with van der Waals surface area (Å²) in [7, 11) is 9.93. The van der Waals surface area contributed by atoms with Crippen molar-refractivity contribution < 1.29 is 70.7 Å². The summed E-state index contributed by atoms with van der Waals surface area (Å²) in [5.41, 5.74) is -2.40. The van der Waals surface area contributed by atoms with Crippen molar-refractivity contribution in [3.63, 3.8) is 0 Å². The Morgan fingerprint density at radius 1 is 0.626 bits per heavy atom. The molecule has 2 aliphatic heterocycles. The molecule has 24 nitrogen and oxygen atoms in total. The number of aryl methyl sites for hydroxylation is 1. The zero-order chi connectivity index (χ0) is 73.4. The minimum absolute atomic E-state index is 0.0149. The van der Waals surface area contributed by atoms with Crippen molar-refractivity contribution in [1.29, 1.82) is 0 Å². The Bertz CT molecular complexity index is 3040. The van der Waals surface area contributed by atoms with Gasteiger partial charge in [-0.1, -0.05) is 116 Å². The van der Waals surface area contributed by atoms with Crippen LogP contribution >= 0.6 is 11.6 Å². The van der Waals surface area contributed by atoms with E-state index in [0.717, 1.165) is 84.6 Å². The first-order chi connectivity index (χ1) is 46.6. The molecular formula is C71H110ClF3N12O12. The van der Waals surface area contributed by atoms with Gasteiger partial charge >= 0.3 is 6.18 Å². The van der Waals surface area contributed by atoms with E-state index in [1.54, 1.807) is 11.8 Å². The lowest BCUT2D eigenvalue weighted by Gasteiger charge is -2.43. The average molecular weight is 1420 g/mol. The summed E-state index contributed by atoms with van der Waals surface area (Å²) in [6.07, 6.45) is 6.37. The third-order valence-corrected chi connectivity index (χ3v) is 21.6. The van der Waals surface area contributed by atoms with E-state index >= 15 is 19.2 Å². The number of carbonyl (C=O) groups is 12. The number of nitrogens with zero attached hydrogens (tertiary/aromatic N) is 8. The number of hydrogen-bond acceptors (Lipinski definition) is 12. The topological polar surface area (TPSA) is 279 Å². The highest BCUT2D eigenvalue weighted by molar-refractivity contribution is 6.31. The van der Waals surface area contributed by atoms with Gasteiger partial charge in [-0.2, -0.15) is 13.2 Å². The van der Waals surface area contributed by atoms with Gasteiger partial charge in [0.1, 0.15) is 47.8 Å². The fraction of sp³-hybridized carbons (Fsp3) is 0.746. The van der Waals surface area contributed by atoms with Crippen molar-refractivity contribution >= 4 is 82.5 Å². The van der Waals surface area contributed by atoms with Crippen LogP contribution in [-0.4, -0.2) is 240 Å². The van der Waals surface area contributed by atoms with Crippen LogP contribution in [0.5, 0.6) is 0 Å². The van der Waals surface area contributed by atoms with E-state index in [1.165, 1.54) is 81.9 Å². The standard InChI is InChI=1S/C71H110ClF3N12O12/c1-13-45(4)60-67(97)82(8)42-58(90)80(6)43-59(91)84(10)54(39-47-25-17-14-18-26-47)65(95)81(7)41-56(88)77-52(32-30-48-29-31-50(51(72)38-48)71(73,74)75)63(93)76-46(5)62(92)79-70(33-21-22-34-70)69(99)86(12)61(49-27-19-15-20-28-49)68(98)85(11)55(66(96)87-35-23-16-24-36-87)40-57(89)83(9)53(37-44(2)3)64(94)78-60/h29,31,38,44-47,49,52-55,60-61H,13-28,30,32-37,39-43H2,1-12H3,(H,76,93)(H,77,88)(H,78,94)(H,79,92)/t45-,46+,52?,53-,54-,55-,60-,61-/m0/s1. The van der Waals surface area contributed by atoms with Crippen LogP contribution in [0.3, 0.4) is 0 Å². The Morgan fingerprint density at radius 2 is 1.20 bits per heavy atom. The van der Waals surface area contributed by atoms with Crippen LogP contribution in [0.4, 0.5) is 13.2 Å². The summed E-state index contributed by atoms with van der Waals surface area (Å²) < 4.78 is 41.4. The van der Waals surface area contributed by atoms with Gasteiger partial charge in [0.2, 0.25) is 70.9 Å². The van der Waals surface area contributed by atoms with Crippen molar-refractivity contribution in [2.24, 2.45) is 23.7 Å². The molecule has 1 aromatic rings. The molecule has 554 valence electrons. The molecule has 5 aliphatic rings. The summed E-state index contributed by atoms with van der Waals surface area (Å²) >= 11 is 6.11. The van der Waals surface area contributed by atoms with E-state index in [0.29, 0.717) is 58.0 Å². The Labute approximate surface area is 587 Å². The molecule has 2 heterocycles. The van der Waals surface area contributed by atoms with Gasteiger partial charge < -0.3 is 60.5 Å². The van der Waals surface area contributed by atoms with Gasteiger partial charge in [0.25, 0.3) is 0 Å². The Balaban J connectivity index is 1.42. The maximum Gasteiger partial charge on any atom is 0.417 e. The number of carbonyl (C=O) groups excluding carboxylic acids is 12. The SMILES string of the molecule is CC[C@H](C)[C@@H]1NC(=O)[C@H](CC(C)C)N(C)C(=O)C[C@@H](C(=O)N2CCCCC2)N(C)C(=O)[C@H](C2CCCCC2)N(C)C(=O)C2(CCCC2)NC(=O)[C@@H](C)NC(=O)C(CCc2ccc(C(F)(F)F)c(Cl)c2)NC(=O)CN(C)C(=O)[C@H](CC2CCCCC2)N(C)C(=O)CN(C)C(=O)CN(C)C1=O. The highest BCUT2D eigenvalue weighted by Crippen LogP contribution is 2.38. The highest BCUT2D eigenvalue weighted by Gasteiger charge is 2.50. The molecule has 1 unspecified atom stereocenters. The number of likely N-dealkylation sites (tertiary alicyclic amines) is 1. The van der Waals surface area contributed by atoms with Crippen molar-refractivity contribution in [1.82, 2.24) is 60.5 Å². The number of likely N-dealkylation sites (N-methyl/N-ethyl adjacent to an activating group) is 7. The van der Waals surface area contributed by atoms with Crippen LogP contribution in [0, 0.1) is 23.7 Å².